The molecule has 2 heterocycles. The summed E-state index contributed by atoms with van der Waals surface area (Å²) in [4.78, 5) is 25.4. The number of hydrogen-bond donors (Lipinski definition) is 2. The van der Waals surface area contributed by atoms with Gasteiger partial charge in [0.15, 0.2) is 0 Å². The van der Waals surface area contributed by atoms with Gasteiger partial charge in [-0.1, -0.05) is 0 Å². The summed E-state index contributed by atoms with van der Waals surface area (Å²) in [6, 6.07) is 2.12. The summed E-state index contributed by atoms with van der Waals surface area (Å²) in [7, 11) is 1.38. The second-order valence-electron chi connectivity index (χ2n) is 5.73. The summed E-state index contributed by atoms with van der Waals surface area (Å²) in [5.74, 6) is -0.0414. The van der Waals surface area contributed by atoms with E-state index >= 15 is 0 Å². The van der Waals surface area contributed by atoms with Crippen molar-refractivity contribution in [3.63, 3.8) is 0 Å². The molecule has 1 saturated heterocycles. The molecule has 1 aliphatic rings. The Morgan fingerprint density at radius 1 is 1.41 bits per heavy atom. The van der Waals surface area contributed by atoms with Gasteiger partial charge in [-0.2, -0.15) is 0 Å². The van der Waals surface area contributed by atoms with Gasteiger partial charge in [0.2, 0.25) is 0 Å². The number of piperidine rings is 1. The van der Waals surface area contributed by atoms with E-state index in [1.54, 1.807) is 11.3 Å². The Morgan fingerprint density at radius 2 is 2.05 bits per heavy atom. The van der Waals surface area contributed by atoms with Crippen molar-refractivity contribution in [3.05, 3.63) is 16.5 Å². The van der Waals surface area contributed by atoms with Crippen molar-refractivity contribution in [1.29, 1.82) is 0 Å². The van der Waals surface area contributed by atoms with Crippen molar-refractivity contribution in [2.75, 3.05) is 25.5 Å². The van der Waals surface area contributed by atoms with Crippen molar-refractivity contribution >= 4 is 28.4 Å². The van der Waals surface area contributed by atoms with Crippen LogP contribution in [0.3, 0.4) is 0 Å². The fourth-order valence-corrected chi connectivity index (χ4v) is 3.96. The molecule has 22 heavy (non-hydrogen) atoms. The van der Waals surface area contributed by atoms with E-state index in [0.29, 0.717) is 24.6 Å². The van der Waals surface area contributed by atoms with E-state index in [-0.39, 0.29) is 12.0 Å². The van der Waals surface area contributed by atoms with Crippen LogP contribution in [0.15, 0.2) is 6.07 Å². The summed E-state index contributed by atoms with van der Waals surface area (Å²) in [5.41, 5.74) is 0.567. The summed E-state index contributed by atoms with van der Waals surface area (Å²) < 4.78 is 4.85. The first-order chi connectivity index (χ1) is 10.4. The molecule has 0 atom stereocenters. The van der Waals surface area contributed by atoms with Gasteiger partial charge in [0.25, 0.3) is 0 Å². The van der Waals surface area contributed by atoms with E-state index in [4.69, 9.17) is 9.84 Å². The number of methoxy groups -OCH3 is 1. The molecular weight excluding hydrogens is 304 g/mol. The normalized spacial score (nSPS) is 15.9. The van der Waals surface area contributed by atoms with E-state index < -0.39 is 6.09 Å². The number of esters is 1. The number of thiophene rings is 1. The Hall–Kier alpha value is -1.76. The van der Waals surface area contributed by atoms with Gasteiger partial charge < -0.3 is 20.1 Å². The van der Waals surface area contributed by atoms with E-state index in [9.17, 15) is 9.59 Å². The van der Waals surface area contributed by atoms with Crippen LogP contribution in [-0.4, -0.2) is 48.3 Å². The lowest BCUT2D eigenvalue weighted by atomic mass is 9.95. The van der Waals surface area contributed by atoms with E-state index in [1.807, 2.05) is 19.9 Å². The van der Waals surface area contributed by atoms with Crippen LogP contribution in [0.5, 0.6) is 0 Å². The number of anilines is 1. The smallest absolute Gasteiger partial charge is 0.407 e. The molecule has 1 fully saturated rings. The molecule has 0 radical (unpaired) electrons. The van der Waals surface area contributed by atoms with E-state index in [0.717, 1.165) is 22.7 Å². The van der Waals surface area contributed by atoms with Crippen molar-refractivity contribution in [1.82, 2.24) is 4.90 Å². The molecule has 0 aliphatic carbocycles. The van der Waals surface area contributed by atoms with E-state index in [1.165, 1.54) is 12.0 Å². The molecule has 0 spiro atoms. The van der Waals surface area contributed by atoms with Crippen molar-refractivity contribution in [2.45, 2.75) is 38.6 Å². The van der Waals surface area contributed by atoms with Crippen LogP contribution in [0, 0.1) is 0 Å². The average Bonchev–Trinajstić information content (AvgIpc) is 2.89. The SMILES string of the molecule is COC(=O)c1cc(C2CCN(C(=O)O)CC2)sc1NC(C)C. The van der Waals surface area contributed by atoms with Crippen LogP contribution < -0.4 is 5.32 Å². The maximum atomic E-state index is 11.9. The Labute approximate surface area is 134 Å². The number of hydrogen-bond acceptors (Lipinski definition) is 5. The molecule has 0 unspecified atom stereocenters. The Kier molecular flexibility index (Phi) is 5.28. The fourth-order valence-electron chi connectivity index (χ4n) is 2.60. The van der Waals surface area contributed by atoms with Gasteiger partial charge in [0.1, 0.15) is 5.00 Å². The highest BCUT2D eigenvalue weighted by atomic mass is 32.1. The zero-order valence-electron chi connectivity index (χ0n) is 13.1. The molecule has 1 aromatic rings. The van der Waals surface area contributed by atoms with Gasteiger partial charge in [0, 0.05) is 24.0 Å². The number of likely N-dealkylation sites (tertiary alicyclic amines) is 1. The van der Waals surface area contributed by atoms with Crippen LogP contribution >= 0.6 is 11.3 Å². The summed E-state index contributed by atoms with van der Waals surface area (Å²) in [6.45, 7) is 5.12. The molecule has 2 rings (SSSR count). The molecule has 122 valence electrons. The third-order valence-corrected chi connectivity index (χ3v) is 4.97. The summed E-state index contributed by atoms with van der Waals surface area (Å²) >= 11 is 1.57. The van der Waals surface area contributed by atoms with Gasteiger partial charge >= 0.3 is 12.1 Å². The third-order valence-electron chi connectivity index (χ3n) is 3.74. The number of carboxylic acid groups (broad SMARTS) is 1. The third kappa shape index (κ3) is 3.71. The molecule has 6 nitrogen and oxygen atoms in total. The standard InChI is InChI=1S/C15H22N2O4S/c1-9(2)16-13-11(14(18)21-3)8-12(22-13)10-4-6-17(7-5-10)15(19)20/h8-10,16H,4-7H2,1-3H3,(H,19,20). The molecule has 0 saturated carbocycles. The molecule has 1 amide bonds. The number of rotatable bonds is 4. The monoisotopic (exact) mass is 326 g/mol. The van der Waals surface area contributed by atoms with E-state index in [2.05, 4.69) is 5.32 Å². The van der Waals surface area contributed by atoms with Crippen LogP contribution in [0.25, 0.3) is 0 Å². The summed E-state index contributed by atoms with van der Waals surface area (Å²) in [6.07, 6.45) is 0.713. The van der Waals surface area contributed by atoms with Crippen LogP contribution in [-0.2, 0) is 4.74 Å². The minimum Gasteiger partial charge on any atom is -0.465 e. The number of nitrogens with zero attached hydrogens (tertiary/aromatic N) is 1. The van der Waals surface area contributed by atoms with Gasteiger partial charge in [0.05, 0.1) is 12.7 Å². The number of nitrogens with one attached hydrogen (secondary N) is 1. The summed E-state index contributed by atoms with van der Waals surface area (Å²) in [5, 5.41) is 13.1. The quantitative estimate of drug-likeness (QED) is 0.831. The Bertz CT molecular complexity index is 548. The number of ether oxygens (including phenoxy) is 1. The predicted molar refractivity (Wildman–Crippen MR) is 86.0 cm³/mol. The highest BCUT2D eigenvalue weighted by molar-refractivity contribution is 7.16. The van der Waals surface area contributed by atoms with Crippen molar-refractivity contribution < 1.29 is 19.4 Å². The van der Waals surface area contributed by atoms with Gasteiger partial charge in [-0.3, -0.25) is 0 Å². The molecule has 1 aliphatic heterocycles. The largest absolute Gasteiger partial charge is 0.465 e. The maximum absolute atomic E-state index is 11.9. The first-order valence-electron chi connectivity index (χ1n) is 7.38. The lowest BCUT2D eigenvalue weighted by molar-refractivity contribution is 0.0602. The maximum Gasteiger partial charge on any atom is 0.407 e. The number of carbonyl (C=O) groups excluding carboxylic acids is 1. The fraction of sp³-hybridized carbons (Fsp3) is 0.600. The highest BCUT2D eigenvalue weighted by Crippen LogP contribution is 2.38. The van der Waals surface area contributed by atoms with Crippen LogP contribution in [0.1, 0.15) is 47.8 Å². The Morgan fingerprint density at radius 3 is 2.55 bits per heavy atom. The average molecular weight is 326 g/mol. The molecule has 0 bridgehead atoms. The molecule has 2 N–H and O–H groups in total. The molecule has 7 heteroatoms. The minimum atomic E-state index is -0.859. The van der Waals surface area contributed by atoms with Gasteiger partial charge in [-0.15, -0.1) is 11.3 Å². The second kappa shape index (κ2) is 7.00. The lowest BCUT2D eigenvalue weighted by Gasteiger charge is -2.29. The van der Waals surface area contributed by atoms with Crippen molar-refractivity contribution in [3.8, 4) is 0 Å². The number of carbonyl (C=O) groups is 2. The van der Waals surface area contributed by atoms with Crippen molar-refractivity contribution in [2.24, 2.45) is 0 Å². The molecule has 1 aromatic heterocycles. The first kappa shape index (κ1) is 16.6. The highest BCUT2D eigenvalue weighted by Gasteiger charge is 2.27. The Balaban J connectivity index is 2.16. The second-order valence-corrected chi connectivity index (χ2v) is 6.81. The zero-order chi connectivity index (χ0) is 16.3. The van der Waals surface area contributed by atoms with Crippen LogP contribution in [0.4, 0.5) is 9.80 Å². The van der Waals surface area contributed by atoms with Gasteiger partial charge in [-0.05, 0) is 38.7 Å². The lowest BCUT2D eigenvalue weighted by Crippen LogP contribution is -2.36. The van der Waals surface area contributed by atoms with Crippen LogP contribution in [0.2, 0.25) is 0 Å². The molecular formula is C15H22N2O4S. The first-order valence-corrected chi connectivity index (χ1v) is 8.20. The molecule has 0 aromatic carbocycles. The minimum absolute atomic E-state index is 0.226. The predicted octanol–water partition coefficient (Wildman–Crippen LogP) is 3.21. The number of amides is 1. The zero-order valence-corrected chi connectivity index (χ0v) is 13.9. The van der Waals surface area contributed by atoms with Gasteiger partial charge in [-0.25, -0.2) is 9.59 Å². The topological polar surface area (TPSA) is 78.9 Å².